The molecule has 0 spiro atoms. The molecule has 0 aromatic carbocycles. The maximum Gasteiger partial charge on any atom is 0.0701 e. The molecule has 0 radical (unpaired) electrons. The first-order chi connectivity index (χ1) is 18.3. The summed E-state index contributed by atoms with van der Waals surface area (Å²) in [6, 6.07) is 0. The topological polar surface area (TPSA) is 86.3 Å². The minimum atomic E-state index is 0.538. The zero-order valence-electron chi connectivity index (χ0n) is 24.1. The van der Waals surface area contributed by atoms with Crippen LogP contribution in [0, 0.1) is 0 Å². The van der Waals surface area contributed by atoms with Crippen LogP contribution in [0.1, 0.15) is 39.0 Å². The lowest BCUT2D eigenvalue weighted by atomic mass is 10.2. The lowest BCUT2D eigenvalue weighted by molar-refractivity contribution is -0.0251. The van der Waals surface area contributed by atoms with Crippen molar-refractivity contribution in [3.05, 3.63) is 0 Å². The molecule has 0 bridgehead atoms. The lowest BCUT2D eigenvalue weighted by Gasteiger charge is -2.10. The average Bonchev–Trinajstić information content (AvgIpc) is 2.89. The highest BCUT2D eigenvalue weighted by molar-refractivity contribution is 4.43. The summed E-state index contributed by atoms with van der Waals surface area (Å²) < 4.78 is 49.3. The van der Waals surface area contributed by atoms with E-state index in [1.807, 2.05) is 14.1 Å². The lowest BCUT2D eigenvalue weighted by Crippen LogP contribution is -2.19. The molecule has 0 aliphatic carbocycles. The first-order valence-electron chi connectivity index (χ1n) is 14.1. The molecular formula is C27H57NO9. The Balaban J connectivity index is 3.01. The highest BCUT2D eigenvalue weighted by Crippen LogP contribution is 2.02. The largest absolute Gasteiger partial charge is 0.379 e. The van der Waals surface area contributed by atoms with Gasteiger partial charge >= 0.3 is 0 Å². The Morgan fingerprint density at radius 3 is 0.892 bits per heavy atom. The van der Waals surface area contributed by atoms with Crippen LogP contribution in [0.4, 0.5) is 0 Å². The summed E-state index contributed by atoms with van der Waals surface area (Å²) in [7, 11) is 4.05. The van der Waals surface area contributed by atoms with Gasteiger partial charge < -0.3 is 47.5 Å². The van der Waals surface area contributed by atoms with E-state index in [-0.39, 0.29) is 0 Å². The third kappa shape index (κ3) is 35.6. The van der Waals surface area contributed by atoms with Crippen LogP contribution >= 0.6 is 0 Å². The Hall–Kier alpha value is -0.400. The Kier molecular flexibility index (Phi) is 33.3. The molecule has 0 amide bonds. The summed E-state index contributed by atoms with van der Waals surface area (Å²) in [5.74, 6) is 0. The summed E-state index contributed by atoms with van der Waals surface area (Å²) in [4.78, 5) is 2.09. The van der Waals surface area contributed by atoms with Gasteiger partial charge in [0.15, 0.2) is 0 Å². The summed E-state index contributed by atoms with van der Waals surface area (Å²) >= 11 is 0. The van der Waals surface area contributed by atoms with E-state index in [1.165, 1.54) is 25.7 Å². The van der Waals surface area contributed by atoms with E-state index in [1.54, 1.807) is 0 Å². The van der Waals surface area contributed by atoms with E-state index in [9.17, 15) is 0 Å². The number of likely N-dealkylation sites (N-methyl/N-ethyl adjacent to an activating group) is 1. The summed E-state index contributed by atoms with van der Waals surface area (Å²) in [5, 5.41) is 0. The first kappa shape index (κ1) is 36.6. The SMILES string of the molecule is CCCCCCCOCCOCCOCCOCCOCCOCCOCCOCCOCCN(C)C. The number of unbranched alkanes of at least 4 members (excludes halogenated alkanes) is 4. The van der Waals surface area contributed by atoms with Gasteiger partial charge in [0.05, 0.1) is 112 Å². The molecule has 224 valence electrons. The van der Waals surface area contributed by atoms with E-state index in [0.29, 0.717) is 106 Å². The van der Waals surface area contributed by atoms with Gasteiger partial charge in [-0.25, -0.2) is 0 Å². The second kappa shape index (κ2) is 33.6. The van der Waals surface area contributed by atoms with Gasteiger partial charge in [0.2, 0.25) is 0 Å². The number of hydrogen-bond donors (Lipinski definition) is 0. The molecule has 0 unspecified atom stereocenters. The van der Waals surface area contributed by atoms with Gasteiger partial charge in [-0.2, -0.15) is 0 Å². The third-order valence-corrected chi connectivity index (χ3v) is 5.05. The van der Waals surface area contributed by atoms with Crippen LogP contribution in [0.3, 0.4) is 0 Å². The Bertz CT molecular complexity index is 406. The van der Waals surface area contributed by atoms with Crippen LogP contribution < -0.4 is 0 Å². The Morgan fingerprint density at radius 2 is 0.595 bits per heavy atom. The standard InChI is InChI=1S/C27H57NO9/c1-4-5-6-7-8-10-29-12-14-31-16-18-33-20-22-35-24-26-37-27-25-36-23-21-34-19-17-32-15-13-30-11-9-28(2)3/h4-27H2,1-3H3. The van der Waals surface area contributed by atoms with Crippen LogP contribution in [0.2, 0.25) is 0 Å². The van der Waals surface area contributed by atoms with E-state index >= 15 is 0 Å². The molecule has 0 aromatic rings. The minimum absolute atomic E-state index is 0.538. The van der Waals surface area contributed by atoms with Gasteiger partial charge in [0, 0.05) is 13.2 Å². The molecule has 0 aliphatic heterocycles. The number of hydrogen-bond acceptors (Lipinski definition) is 10. The fraction of sp³-hybridized carbons (Fsp3) is 1.00. The smallest absolute Gasteiger partial charge is 0.0701 e. The molecular weight excluding hydrogens is 482 g/mol. The number of rotatable bonds is 33. The zero-order chi connectivity index (χ0) is 26.9. The monoisotopic (exact) mass is 539 g/mol. The first-order valence-corrected chi connectivity index (χ1v) is 14.1. The fourth-order valence-electron chi connectivity index (χ4n) is 2.92. The molecule has 0 atom stereocenters. The molecule has 0 heterocycles. The summed E-state index contributed by atoms with van der Waals surface area (Å²) in [6.45, 7) is 13.8. The van der Waals surface area contributed by atoms with Crippen LogP contribution in [0.25, 0.3) is 0 Å². The Labute approximate surface area is 226 Å². The van der Waals surface area contributed by atoms with E-state index < -0.39 is 0 Å². The highest BCUT2D eigenvalue weighted by atomic mass is 16.6. The van der Waals surface area contributed by atoms with Crippen LogP contribution in [-0.4, -0.2) is 144 Å². The highest BCUT2D eigenvalue weighted by Gasteiger charge is 1.96. The van der Waals surface area contributed by atoms with Gasteiger partial charge in [0.1, 0.15) is 0 Å². The second-order valence-electron chi connectivity index (χ2n) is 8.73. The molecule has 0 saturated carbocycles. The zero-order valence-corrected chi connectivity index (χ0v) is 24.1. The normalized spacial score (nSPS) is 11.7. The van der Waals surface area contributed by atoms with Crippen molar-refractivity contribution < 1.29 is 42.6 Å². The number of ether oxygens (including phenoxy) is 9. The van der Waals surface area contributed by atoms with Crippen molar-refractivity contribution in [1.82, 2.24) is 4.90 Å². The van der Waals surface area contributed by atoms with Crippen molar-refractivity contribution >= 4 is 0 Å². The van der Waals surface area contributed by atoms with Gasteiger partial charge in [0.25, 0.3) is 0 Å². The van der Waals surface area contributed by atoms with E-state index in [0.717, 1.165) is 26.2 Å². The van der Waals surface area contributed by atoms with Gasteiger partial charge in [-0.1, -0.05) is 32.6 Å². The molecule has 0 fully saturated rings. The molecule has 0 N–H and O–H groups in total. The maximum atomic E-state index is 5.55. The second-order valence-corrected chi connectivity index (χ2v) is 8.73. The Morgan fingerprint density at radius 1 is 0.324 bits per heavy atom. The minimum Gasteiger partial charge on any atom is -0.379 e. The average molecular weight is 540 g/mol. The summed E-state index contributed by atoms with van der Waals surface area (Å²) in [6.07, 6.45) is 6.31. The molecule has 37 heavy (non-hydrogen) atoms. The molecule has 0 aromatic heterocycles. The van der Waals surface area contributed by atoms with Gasteiger partial charge in [-0.05, 0) is 20.5 Å². The van der Waals surface area contributed by atoms with Crippen molar-refractivity contribution in [1.29, 1.82) is 0 Å². The van der Waals surface area contributed by atoms with Gasteiger partial charge in [-0.3, -0.25) is 0 Å². The van der Waals surface area contributed by atoms with Crippen LogP contribution in [0.5, 0.6) is 0 Å². The maximum absolute atomic E-state index is 5.55. The molecule has 10 heteroatoms. The van der Waals surface area contributed by atoms with E-state index in [4.69, 9.17) is 42.6 Å². The quantitative estimate of drug-likeness (QED) is 0.116. The van der Waals surface area contributed by atoms with E-state index in [2.05, 4.69) is 11.8 Å². The third-order valence-electron chi connectivity index (χ3n) is 5.05. The van der Waals surface area contributed by atoms with Crippen molar-refractivity contribution in [2.45, 2.75) is 39.0 Å². The molecule has 0 rings (SSSR count). The predicted octanol–water partition coefficient (Wildman–Crippen LogP) is 2.67. The fourth-order valence-corrected chi connectivity index (χ4v) is 2.92. The molecule has 10 nitrogen and oxygen atoms in total. The van der Waals surface area contributed by atoms with Crippen LogP contribution in [0.15, 0.2) is 0 Å². The van der Waals surface area contributed by atoms with Crippen molar-refractivity contribution in [2.24, 2.45) is 0 Å². The van der Waals surface area contributed by atoms with Crippen LogP contribution in [-0.2, 0) is 42.6 Å². The van der Waals surface area contributed by atoms with Crippen molar-refractivity contribution in [3.63, 3.8) is 0 Å². The predicted molar refractivity (Wildman–Crippen MR) is 145 cm³/mol. The van der Waals surface area contributed by atoms with Gasteiger partial charge in [-0.15, -0.1) is 0 Å². The summed E-state index contributed by atoms with van der Waals surface area (Å²) in [5.41, 5.74) is 0. The van der Waals surface area contributed by atoms with Crippen molar-refractivity contribution in [3.8, 4) is 0 Å². The molecule has 0 aliphatic rings. The molecule has 0 saturated heterocycles. The van der Waals surface area contributed by atoms with Crippen molar-refractivity contribution in [2.75, 3.05) is 140 Å². The number of nitrogens with zero attached hydrogens (tertiary/aromatic N) is 1.